The van der Waals surface area contributed by atoms with Crippen LogP contribution in [0.2, 0.25) is 0 Å². The average Bonchev–Trinajstić information content (AvgIpc) is 2.25. The lowest BCUT2D eigenvalue weighted by Gasteiger charge is -2.69. The van der Waals surface area contributed by atoms with Crippen molar-refractivity contribution in [3.8, 4) is 0 Å². The van der Waals surface area contributed by atoms with E-state index in [-0.39, 0.29) is 5.54 Å². The molecule has 110 valence electrons. The van der Waals surface area contributed by atoms with E-state index in [0.717, 1.165) is 18.9 Å². The molecule has 0 amide bonds. The fourth-order valence-electron chi connectivity index (χ4n) is 5.24. The number of hydrogen-bond acceptors (Lipinski definition) is 3. The van der Waals surface area contributed by atoms with Crippen LogP contribution in [0.5, 0.6) is 0 Å². The highest BCUT2D eigenvalue weighted by Gasteiger charge is 2.64. The summed E-state index contributed by atoms with van der Waals surface area (Å²) in [4.78, 5) is 9.15. The molecule has 4 rings (SSSR count). The first kappa shape index (κ1) is 14.6. The summed E-state index contributed by atoms with van der Waals surface area (Å²) in [6.07, 6.45) is 5.84. The van der Waals surface area contributed by atoms with E-state index >= 15 is 0 Å². The first-order chi connectivity index (χ1) is 8.63. The molecule has 3 N–H and O–H groups in total. The average molecular weight is 269 g/mol. The van der Waals surface area contributed by atoms with Gasteiger partial charge < -0.3 is 15.6 Å². The third-order valence-electron chi connectivity index (χ3n) is 6.31. The molecule has 0 atom stereocenters. The maximum Gasteiger partial charge on any atom is 0.505 e. The van der Waals surface area contributed by atoms with E-state index in [1.54, 1.807) is 0 Å². The van der Waals surface area contributed by atoms with Crippen LogP contribution in [0.25, 0.3) is 0 Å². The molecule has 4 fully saturated rings. The molecule has 4 aliphatic rings. The summed E-state index contributed by atoms with van der Waals surface area (Å²) in [5.74, 6) is 1.99. The Morgan fingerprint density at radius 1 is 1.11 bits per heavy atom. The van der Waals surface area contributed by atoms with Crippen molar-refractivity contribution in [2.45, 2.75) is 58.4 Å². The Hall–Kier alpha value is -0.770. The van der Waals surface area contributed by atoms with Crippen molar-refractivity contribution in [2.24, 2.45) is 28.4 Å². The zero-order chi connectivity index (χ0) is 14.5. The Balaban J connectivity index is 0.000000232. The van der Waals surface area contributed by atoms with Crippen LogP contribution in [0, 0.1) is 22.7 Å². The first-order valence-electron chi connectivity index (χ1n) is 7.19. The van der Waals surface area contributed by atoms with Crippen LogP contribution >= 0.6 is 0 Å². The van der Waals surface area contributed by atoms with Gasteiger partial charge in [-0.15, -0.1) is 0 Å². The normalized spacial score (nSPS) is 50.4. The molecule has 0 aliphatic heterocycles. The highest BCUT2D eigenvalue weighted by molar-refractivity contribution is 5.56. The first-order valence-corrected chi connectivity index (χ1v) is 7.19. The number of methoxy groups -OCH3 is 1. The molecule has 4 nitrogen and oxygen atoms in total. The van der Waals surface area contributed by atoms with Gasteiger partial charge in [0.05, 0.1) is 7.11 Å². The van der Waals surface area contributed by atoms with Gasteiger partial charge in [0, 0.05) is 5.54 Å². The van der Waals surface area contributed by atoms with Crippen LogP contribution in [-0.2, 0) is 4.74 Å². The van der Waals surface area contributed by atoms with Gasteiger partial charge in [0.1, 0.15) is 0 Å². The Morgan fingerprint density at radius 3 is 1.68 bits per heavy atom. The highest BCUT2D eigenvalue weighted by Crippen LogP contribution is 2.68. The lowest BCUT2D eigenvalue weighted by atomic mass is 9.38. The lowest BCUT2D eigenvalue weighted by Crippen LogP contribution is -2.71. The predicted molar refractivity (Wildman–Crippen MR) is 73.9 cm³/mol. The van der Waals surface area contributed by atoms with Crippen molar-refractivity contribution < 1.29 is 14.6 Å². The fraction of sp³-hybridized carbons (Fsp3) is 0.933. The number of rotatable bonds is 0. The minimum atomic E-state index is -1.25. The molecule has 0 saturated heterocycles. The van der Waals surface area contributed by atoms with Crippen LogP contribution in [0.1, 0.15) is 52.9 Å². The molecule has 4 aliphatic carbocycles. The zero-order valence-electron chi connectivity index (χ0n) is 12.5. The summed E-state index contributed by atoms with van der Waals surface area (Å²) in [6, 6.07) is 0. The standard InChI is InChI=1S/C13H23N.C2H4O3/c1-11-5-9-4-10(6-11)8-12(2,7-9)13(11,3)14;1-5-2(3)4/h9-10H,4-8,14H2,1-3H3;1H3,(H,3,4). The highest BCUT2D eigenvalue weighted by atomic mass is 16.6. The SMILES string of the molecule is CC12CC3CC(C1)CC(C)(C3)C2(C)N.COC(=O)O. The number of ether oxygens (including phenoxy) is 1. The molecule has 0 radical (unpaired) electrons. The molecule has 0 heterocycles. The summed E-state index contributed by atoms with van der Waals surface area (Å²) in [5, 5.41) is 7.50. The van der Waals surface area contributed by atoms with Gasteiger partial charge in [0.2, 0.25) is 0 Å². The maximum absolute atomic E-state index is 9.15. The van der Waals surface area contributed by atoms with E-state index < -0.39 is 6.16 Å². The van der Waals surface area contributed by atoms with Crippen molar-refractivity contribution in [2.75, 3.05) is 7.11 Å². The minimum Gasteiger partial charge on any atom is -0.450 e. The van der Waals surface area contributed by atoms with Gasteiger partial charge in [-0.3, -0.25) is 0 Å². The largest absolute Gasteiger partial charge is 0.505 e. The van der Waals surface area contributed by atoms with Gasteiger partial charge in [-0.05, 0) is 61.7 Å². The number of carbonyl (C=O) groups is 1. The molecule has 0 unspecified atom stereocenters. The van der Waals surface area contributed by atoms with Crippen molar-refractivity contribution in [3.05, 3.63) is 0 Å². The molecule has 4 bridgehead atoms. The van der Waals surface area contributed by atoms with E-state index in [1.165, 1.54) is 32.1 Å². The van der Waals surface area contributed by atoms with Gasteiger partial charge in [-0.1, -0.05) is 13.8 Å². The zero-order valence-corrected chi connectivity index (χ0v) is 12.5. The Kier molecular flexibility index (Phi) is 3.37. The lowest BCUT2D eigenvalue weighted by molar-refractivity contribution is -0.159. The summed E-state index contributed by atoms with van der Waals surface area (Å²) >= 11 is 0. The summed E-state index contributed by atoms with van der Waals surface area (Å²) in [6.45, 7) is 7.22. The van der Waals surface area contributed by atoms with Gasteiger partial charge in [-0.25, -0.2) is 4.79 Å². The Labute approximate surface area is 115 Å². The molecule has 0 aromatic rings. The van der Waals surface area contributed by atoms with Gasteiger partial charge in [0.15, 0.2) is 0 Å². The summed E-state index contributed by atoms with van der Waals surface area (Å²) in [7, 11) is 1.10. The summed E-state index contributed by atoms with van der Waals surface area (Å²) in [5.41, 5.74) is 7.63. The number of carboxylic acid groups (broad SMARTS) is 1. The molecule has 0 aromatic heterocycles. The van der Waals surface area contributed by atoms with Gasteiger partial charge in [0.25, 0.3) is 0 Å². The summed E-state index contributed by atoms with van der Waals surface area (Å²) < 4.78 is 3.67. The van der Waals surface area contributed by atoms with E-state index in [2.05, 4.69) is 25.5 Å². The van der Waals surface area contributed by atoms with Crippen LogP contribution < -0.4 is 5.73 Å². The van der Waals surface area contributed by atoms with Crippen LogP contribution in [0.4, 0.5) is 4.79 Å². The molecular formula is C15H27NO3. The molecule has 19 heavy (non-hydrogen) atoms. The second-order valence-corrected chi connectivity index (χ2v) is 7.58. The van der Waals surface area contributed by atoms with E-state index in [1.807, 2.05) is 0 Å². The third-order valence-corrected chi connectivity index (χ3v) is 6.31. The van der Waals surface area contributed by atoms with Gasteiger partial charge in [-0.2, -0.15) is 0 Å². The Bertz CT molecular complexity index is 340. The van der Waals surface area contributed by atoms with E-state index in [9.17, 15) is 0 Å². The van der Waals surface area contributed by atoms with Crippen molar-refractivity contribution in [3.63, 3.8) is 0 Å². The Morgan fingerprint density at radius 2 is 1.42 bits per heavy atom. The van der Waals surface area contributed by atoms with Gasteiger partial charge >= 0.3 is 6.16 Å². The molecule has 0 aromatic carbocycles. The van der Waals surface area contributed by atoms with Crippen LogP contribution in [-0.4, -0.2) is 23.9 Å². The third kappa shape index (κ3) is 2.14. The second kappa shape index (κ2) is 4.37. The number of nitrogens with two attached hydrogens (primary N) is 1. The molecule has 4 heteroatoms. The van der Waals surface area contributed by atoms with Crippen LogP contribution in [0.15, 0.2) is 0 Å². The minimum absolute atomic E-state index is 0.0768. The fourth-order valence-corrected chi connectivity index (χ4v) is 5.24. The molecular weight excluding hydrogens is 242 g/mol. The van der Waals surface area contributed by atoms with Crippen molar-refractivity contribution >= 4 is 6.16 Å². The molecule has 0 spiro atoms. The van der Waals surface area contributed by atoms with Crippen LogP contribution in [0.3, 0.4) is 0 Å². The van der Waals surface area contributed by atoms with Crippen molar-refractivity contribution in [1.29, 1.82) is 0 Å². The topological polar surface area (TPSA) is 72.5 Å². The molecule has 4 saturated carbocycles. The van der Waals surface area contributed by atoms with E-state index in [0.29, 0.717) is 10.8 Å². The predicted octanol–water partition coefficient (Wildman–Crippen LogP) is 3.25. The smallest absolute Gasteiger partial charge is 0.450 e. The van der Waals surface area contributed by atoms with Crippen molar-refractivity contribution in [1.82, 2.24) is 0 Å². The quantitative estimate of drug-likeness (QED) is 0.662. The maximum atomic E-state index is 9.15. The second-order valence-electron chi connectivity index (χ2n) is 7.58. The number of hydrogen-bond donors (Lipinski definition) is 2. The monoisotopic (exact) mass is 269 g/mol. The van der Waals surface area contributed by atoms with E-state index in [4.69, 9.17) is 15.6 Å².